The SMILES string of the molecule is CC(c1ccc(Cl)cc1Cl)N(C)C(=O)Cn1cnc2ccc(Br)cc2c1=O. The van der Waals surface area contributed by atoms with Crippen molar-refractivity contribution in [2.75, 3.05) is 7.05 Å². The van der Waals surface area contributed by atoms with E-state index in [2.05, 4.69) is 20.9 Å². The predicted octanol–water partition coefficient (Wildman–Crippen LogP) is 4.69. The van der Waals surface area contributed by atoms with Crippen molar-refractivity contribution in [2.24, 2.45) is 0 Å². The average Bonchev–Trinajstić information content (AvgIpc) is 2.63. The number of amides is 1. The number of halogens is 3. The Kier molecular flexibility index (Phi) is 5.89. The van der Waals surface area contributed by atoms with Crippen LogP contribution in [0, 0.1) is 0 Å². The Hall–Kier alpha value is -1.89. The molecule has 3 aromatic rings. The van der Waals surface area contributed by atoms with Crippen molar-refractivity contribution in [1.29, 1.82) is 0 Å². The van der Waals surface area contributed by atoms with Crippen LogP contribution in [0.15, 0.2) is 52.0 Å². The number of fused-ring (bicyclic) bond motifs is 1. The van der Waals surface area contributed by atoms with E-state index in [4.69, 9.17) is 23.2 Å². The second-order valence-corrected chi connectivity index (χ2v) is 7.94. The van der Waals surface area contributed by atoms with E-state index < -0.39 is 0 Å². The summed E-state index contributed by atoms with van der Waals surface area (Å²) in [6, 6.07) is 10.2. The van der Waals surface area contributed by atoms with Gasteiger partial charge in [-0.25, -0.2) is 4.98 Å². The second kappa shape index (κ2) is 8.00. The van der Waals surface area contributed by atoms with Crippen molar-refractivity contribution in [1.82, 2.24) is 14.5 Å². The summed E-state index contributed by atoms with van der Waals surface area (Å²) < 4.78 is 2.09. The number of likely N-dealkylation sites (N-methyl/N-ethyl adjacent to an activating group) is 1. The third kappa shape index (κ3) is 4.18. The maximum atomic E-state index is 12.7. The number of benzene rings is 2. The highest BCUT2D eigenvalue weighted by Gasteiger charge is 2.20. The van der Waals surface area contributed by atoms with Crippen molar-refractivity contribution in [2.45, 2.75) is 19.5 Å². The van der Waals surface area contributed by atoms with E-state index in [1.165, 1.54) is 10.9 Å². The highest BCUT2D eigenvalue weighted by molar-refractivity contribution is 9.10. The van der Waals surface area contributed by atoms with Crippen LogP contribution in [0.3, 0.4) is 0 Å². The molecule has 0 aliphatic rings. The summed E-state index contributed by atoms with van der Waals surface area (Å²) in [6.07, 6.45) is 1.39. The van der Waals surface area contributed by atoms with Crippen LogP contribution in [0.4, 0.5) is 0 Å². The van der Waals surface area contributed by atoms with Crippen LogP contribution in [0.2, 0.25) is 10.0 Å². The fourth-order valence-electron chi connectivity index (χ4n) is 2.77. The van der Waals surface area contributed by atoms with E-state index in [0.717, 1.165) is 10.0 Å². The Morgan fingerprint density at radius 1 is 1.26 bits per heavy atom. The van der Waals surface area contributed by atoms with Crippen LogP contribution in [0.5, 0.6) is 0 Å². The zero-order valence-corrected chi connectivity index (χ0v) is 17.7. The van der Waals surface area contributed by atoms with Gasteiger partial charge in [0, 0.05) is 21.6 Å². The lowest BCUT2D eigenvalue weighted by Crippen LogP contribution is -2.35. The first-order valence-corrected chi connectivity index (χ1v) is 9.68. The Morgan fingerprint density at radius 3 is 2.70 bits per heavy atom. The first-order valence-electron chi connectivity index (χ1n) is 8.13. The van der Waals surface area contributed by atoms with E-state index in [9.17, 15) is 9.59 Å². The van der Waals surface area contributed by atoms with Crippen LogP contribution < -0.4 is 5.56 Å². The van der Waals surface area contributed by atoms with E-state index in [-0.39, 0.29) is 24.1 Å². The molecule has 0 bridgehead atoms. The number of hydrogen-bond donors (Lipinski definition) is 0. The van der Waals surface area contributed by atoms with E-state index >= 15 is 0 Å². The number of rotatable bonds is 4. The van der Waals surface area contributed by atoms with Gasteiger partial charge in [0.15, 0.2) is 0 Å². The molecule has 5 nitrogen and oxygen atoms in total. The van der Waals surface area contributed by atoms with Gasteiger partial charge in [0.2, 0.25) is 5.91 Å². The maximum absolute atomic E-state index is 12.7. The van der Waals surface area contributed by atoms with Gasteiger partial charge in [-0.3, -0.25) is 14.2 Å². The van der Waals surface area contributed by atoms with Crippen LogP contribution in [0.1, 0.15) is 18.5 Å². The van der Waals surface area contributed by atoms with E-state index in [1.54, 1.807) is 42.3 Å². The summed E-state index contributed by atoms with van der Waals surface area (Å²) in [5.41, 5.74) is 1.10. The molecule has 1 aromatic heterocycles. The molecule has 0 aliphatic carbocycles. The minimum absolute atomic E-state index is 0.111. The van der Waals surface area contributed by atoms with Gasteiger partial charge in [0.25, 0.3) is 5.56 Å². The molecule has 0 saturated heterocycles. The molecule has 8 heteroatoms. The predicted molar refractivity (Wildman–Crippen MR) is 111 cm³/mol. The number of carbonyl (C=O) groups is 1. The van der Waals surface area contributed by atoms with Crippen LogP contribution in [-0.2, 0) is 11.3 Å². The molecule has 1 heterocycles. The summed E-state index contributed by atoms with van der Waals surface area (Å²) in [6.45, 7) is 1.76. The standard InChI is InChI=1S/C19H16BrCl2N3O2/c1-11(14-5-4-13(21)8-16(14)22)24(2)18(26)9-25-10-23-17-6-3-12(20)7-15(17)19(25)27/h3-8,10-11H,9H2,1-2H3. The molecule has 0 saturated carbocycles. The summed E-state index contributed by atoms with van der Waals surface area (Å²) in [5, 5.41) is 1.48. The van der Waals surface area contributed by atoms with Crippen LogP contribution in [-0.4, -0.2) is 27.4 Å². The first-order chi connectivity index (χ1) is 12.8. The first kappa shape index (κ1) is 19.9. The van der Waals surface area contributed by atoms with Crippen molar-refractivity contribution in [3.8, 4) is 0 Å². The Bertz CT molecular complexity index is 1080. The molecule has 27 heavy (non-hydrogen) atoms. The van der Waals surface area contributed by atoms with Gasteiger partial charge < -0.3 is 4.90 Å². The molecule has 3 rings (SSSR count). The molecule has 1 atom stereocenters. The molecule has 0 fully saturated rings. The fourth-order valence-corrected chi connectivity index (χ4v) is 3.69. The zero-order valence-electron chi connectivity index (χ0n) is 14.6. The van der Waals surface area contributed by atoms with Gasteiger partial charge >= 0.3 is 0 Å². The lowest BCUT2D eigenvalue weighted by atomic mass is 10.1. The normalized spacial score (nSPS) is 12.2. The smallest absolute Gasteiger partial charge is 0.261 e. The van der Waals surface area contributed by atoms with Crippen LogP contribution in [0.25, 0.3) is 10.9 Å². The number of aromatic nitrogens is 2. The largest absolute Gasteiger partial charge is 0.337 e. The van der Waals surface area contributed by atoms with Crippen LogP contribution >= 0.6 is 39.1 Å². The lowest BCUT2D eigenvalue weighted by molar-refractivity contribution is -0.132. The molecule has 0 radical (unpaired) electrons. The monoisotopic (exact) mass is 467 g/mol. The second-order valence-electron chi connectivity index (χ2n) is 6.19. The lowest BCUT2D eigenvalue weighted by Gasteiger charge is -2.26. The van der Waals surface area contributed by atoms with Gasteiger partial charge in [-0.2, -0.15) is 0 Å². The molecule has 140 valence electrons. The third-order valence-electron chi connectivity index (χ3n) is 4.48. The topological polar surface area (TPSA) is 55.2 Å². The van der Waals surface area contributed by atoms with E-state index in [0.29, 0.717) is 20.9 Å². The van der Waals surface area contributed by atoms with Crippen molar-refractivity contribution < 1.29 is 4.79 Å². The molecule has 1 amide bonds. The molecule has 2 aromatic carbocycles. The molecule has 0 aliphatic heterocycles. The molecular weight excluding hydrogens is 453 g/mol. The number of nitrogens with zero attached hydrogens (tertiary/aromatic N) is 3. The highest BCUT2D eigenvalue weighted by atomic mass is 79.9. The molecule has 1 unspecified atom stereocenters. The summed E-state index contributed by atoms with van der Waals surface area (Å²) >= 11 is 15.5. The average molecular weight is 469 g/mol. The maximum Gasteiger partial charge on any atom is 0.261 e. The number of hydrogen-bond acceptors (Lipinski definition) is 3. The zero-order chi connectivity index (χ0) is 19.7. The number of carbonyl (C=O) groups excluding carboxylic acids is 1. The van der Waals surface area contributed by atoms with Crippen molar-refractivity contribution in [3.63, 3.8) is 0 Å². The van der Waals surface area contributed by atoms with Crippen molar-refractivity contribution >= 4 is 55.9 Å². The minimum atomic E-state index is -0.277. The summed E-state index contributed by atoms with van der Waals surface area (Å²) in [7, 11) is 1.67. The quantitative estimate of drug-likeness (QED) is 0.558. The molecule has 0 N–H and O–H groups in total. The molecular formula is C19H16BrCl2N3O2. The summed E-state index contributed by atoms with van der Waals surface area (Å²) in [4.78, 5) is 31.2. The Morgan fingerprint density at radius 2 is 2.00 bits per heavy atom. The third-order valence-corrected chi connectivity index (χ3v) is 5.53. The fraction of sp³-hybridized carbons (Fsp3) is 0.211. The summed E-state index contributed by atoms with van der Waals surface area (Å²) in [5.74, 6) is -0.230. The van der Waals surface area contributed by atoms with Gasteiger partial charge in [-0.15, -0.1) is 0 Å². The molecule has 0 spiro atoms. The Labute approximate surface area is 174 Å². The highest BCUT2D eigenvalue weighted by Crippen LogP contribution is 2.29. The van der Waals surface area contributed by atoms with Crippen molar-refractivity contribution in [3.05, 3.63) is 73.2 Å². The van der Waals surface area contributed by atoms with Gasteiger partial charge in [-0.05, 0) is 42.8 Å². The van der Waals surface area contributed by atoms with E-state index in [1.807, 2.05) is 13.0 Å². The van der Waals surface area contributed by atoms with Gasteiger partial charge in [-0.1, -0.05) is 45.2 Å². The minimum Gasteiger partial charge on any atom is -0.337 e. The Balaban J connectivity index is 1.85. The van der Waals surface area contributed by atoms with Gasteiger partial charge in [0.1, 0.15) is 6.54 Å². The van der Waals surface area contributed by atoms with Gasteiger partial charge in [0.05, 0.1) is 23.3 Å².